The predicted octanol–water partition coefficient (Wildman–Crippen LogP) is 3.73. The molecule has 0 amide bonds. The van der Waals surface area contributed by atoms with Crippen molar-refractivity contribution in [1.29, 1.82) is 0 Å². The number of aromatic nitrogens is 2. The molecule has 0 aliphatic rings. The summed E-state index contributed by atoms with van der Waals surface area (Å²) < 4.78 is 13.5. The molecule has 20 heavy (non-hydrogen) atoms. The lowest BCUT2D eigenvalue weighted by Crippen LogP contribution is -1.96. The molecule has 2 N–H and O–H groups in total. The van der Waals surface area contributed by atoms with Gasteiger partial charge in [-0.2, -0.15) is 0 Å². The van der Waals surface area contributed by atoms with E-state index in [-0.39, 0.29) is 5.82 Å². The van der Waals surface area contributed by atoms with Gasteiger partial charge in [-0.1, -0.05) is 12.1 Å². The summed E-state index contributed by atoms with van der Waals surface area (Å²) >= 11 is 0. The Bertz CT molecular complexity index is 777. The van der Waals surface area contributed by atoms with Crippen LogP contribution in [0.15, 0.2) is 36.4 Å². The highest BCUT2D eigenvalue weighted by Gasteiger charge is 2.12. The largest absolute Gasteiger partial charge is 0.389 e. The van der Waals surface area contributed by atoms with E-state index in [9.17, 15) is 9.50 Å². The van der Waals surface area contributed by atoms with Gasteiger partial charge in [0.2, 0.25) is 0 Å². The fourth-order valence-electron chi connectivity index (χ4n) is 2.44. The number of hydrogen-bond acceptors (Lipinski definition) is 2. The molecule has 3 rings (SSSR count). The lowest BCUT2D eigenvalue weighted by Gasteiger charge is -2.12. The van der Waals surface area contributed by atoms with Crippen LogP contribution >= 0.6 is 0 Å². The number of aryl methyl sites for hydroxylation is 1. The van der Waals surface area contributed by atoms with Crippen LogP contribution in [0.3, 0.4) is 0 Å². The first kappa shape index (κ1) is 12.8. The number of aromatic amines is 1. The van der Waals surface area contributed by atoms with Gasteiger partial charge in [-0.25, -0.2) is 9.37 Å². The summed E-state index contributed by atoms with van der Waals surface area (Å²) in [5, 5.41) is 9.83. The van der Waals surface area contributed by atoms with Gasteiger partial charge in [0.25, 0.3) is 0 Å². The molecule has 1 atom stereocenters. The minimum atomic E-state index is -0.651. The van der Waals surface area contributed by atoms with Gasteiger partial charge in [-0.15, -0.1) is 0 Å². The number of nitrogens with zero attached hydrogens (tertiary/aromatic N) is 1. The van der Waals surface area contributed by atoms with Crippen LogP contribution in [0.2, 0.25) is 0 Å². The number of nitrogens with one attached hydrogen (secondary N) is 1. The van der Waals surface area contributed by atoms with E-state index < -0.39 is 6.10 Å². The molecular weight excluding hydrogens is 255 g/mol. The number of benzene rings is 2. The Kier molecular flexibility index (Phi) is 3.03. The van der Waals surface area contributed by atoms with Crippen molar-refractivity contribution in [2.24, 2.45) is 0 Å². The fourth-order valence-corrected chi connectivity index (χ4v) is 2.44. The molecule has 0 saturated carbocycles. The highest BCUT2D eigenvalue weighted by molar-refractivity contribution is 5.82. The monoisotopic (exact) mass is 270 g/mol. The molecule has 102 valence electrons. The van der Waals surface area contributed by atoms with Crippen molar-refractivity contribution >= 4 is 11.0 Å². The number of aliphatic hydroxyl groups excluding tert-OH is 1. The zero-order valence-corrected chi connectivity index (χ0v) is 11.3. The maximum absolute atomic E-state index is 13.5. The van der Waals surface area contributed by atoms with Gasteiger partial charge in [-0.3, -0.25) is 0 Å². The molecule has 3 aromatic rings. The molecule has 3 nitrogen and oxygen atoms in total. The molecule has 0 radical (unpaired) electrons. The lowest BCUT2D eigenvalue weighted by molar-refractivity contribution is 0.200. The third-order valence-corrected chi connectivity index (χ3v) is 3.38. The normalized spacial score (nSPS) is 12.8. The van der Waals surface area contributed by atoms with Crippen LogP contribution < -0.4 is 0 Å². The van der Waals surface area contributed by atoms with Crippen molar-refractivity contribution in [3.05, 3.63) is 53.6 Å². The van der Waals surface area contributed by atoms with Crippen molar-refractivity contribution < 1.29 is 9.50 Å². The number of rotatable bonds is 2. The Morgan fingerprint density at radius 2 is 2.00 bits per heavy atom. The highest BCUT2D eigenvalue weighted by Crippen LogP contribution is 2.30. The average Bonchev–Trinajstić information content (AvgIpc) is 2.77. The summed E-state index contributed by atoms with van der Waals surface area (Å²) in [6.45, 7) is 3.57. The van der Waals surface area contributed by atoms with Crippen LogP contribution in [0.1, 0.15) is 24.4 Å². The minimum Gasteiger partial charge on any atom is -0.389 e. The van der Waals surface area contributed by atoms with E-state index in [1.807, 2.05) is 25.1 Å². The molecule has 4 heteroatoms. The summed E-state index contributed by atoms with van der Waals surface area (Å²) in [6.07, 6.45) is -0.651. The molecule has 1 aromatic heterocycles. The van der Waals surface area contributed by atoms with E-state index in [4.69, 9.17) is 0 Å². The van der Waals surface area contributed by atoms with Gasteiger partial charge in [-0.05, 0) is 54.8 Å². The van der Waals surface area contributed by atoms with Crippen molar-refractivity contribution in [3.8, 4) is 11.1 Å². The Hall–Kier alpha value is -2.20. The van der Waals surface area contributed by atoms with E-state index in [1.165, 1.54) is 12.1 Å². The summed E-state index contributed by atoms with van der Waals surface area (Å²) in [7, 11) is 0. The first-order valence-corrected chi connectivity index (χ1v) is 6.49. The summed E-state index contributed by atoms with van der Waals surface area (Å²) in [6, 6.07) is 10.2. The van der Waals surface area contributed by atoms with E-state index in [1.54, 1.807) is 13.0 Å². The SMILES string of the molecule is Cc1nc2cc(-c3cc(F)ccc3C(C)O)ccc2[nH]1. The quantitative estimate of drug-likeness (QED) is 0.745. The van der Waals surface area contributed by atoms with Crippen molar-refractivity contribution in [2.75, 3.05) is 0 Å². The van der Waals surface area contributed by atoms with Crippen molar-refractivity contribution in [2.45, 2.75) is 20.0 Å². The summed E-state index contributed by atoms with van der Waals surface area (Å²) in [5.41, 5.74) is 4.03. The standard InChI is InChI=1S/C16H15FN2O/c1-9(20)13-5-4-12(17)8-14(13)11-3-6-15-16(7-11)19-10(2)18-15/h3-9,20H,1-2H3,(H,18,19). The first-order chi connectivity index (χ1) is 9.54. The van der Waals surface area contributed by atoms with E-state index >= 15 is 0 Å². The van der Waals surface area contributed by atoms with Gasteiger partial charge in [0.1, 0.15) is 11.6 Å². The third-order valence-electron chi connectivity index (χ3n) is 3.38. The molecular formula is C16H15FN2O. The zero-order chi connectivity index (χ0) is 14.3. The summed E-state index contributed by atoms with van der Waals surface area (Å²) in [4.78, 5) is 7.54. The van der Waals surface area contributed by atoms with Crippen LogP contribution in [0.4, 0.5) is 4.39 Å². The maximum Gasteiger partial charge on any atom is 0.123 e. The summed E-state index contributed by atoms with van der Waals surface area (Å²) in [5.74, 6) is 0.523. The molecule has 0 saturated heterocycles. The second-order valence-corrected chi connectivity index (χ2v) is 4.96. The molecule has 0 fully saturated rings. The van der Waals surface area contributed by atoms with Gasteiger partial charge in [0.15, 0.2) is 0 Å². The molecule has 0 aliphatic heterocycles. The van der Waals surface area contributed by atoms with E-state index in [2.05, 4.69) is 9.97 Å². The predicted molar refractivity (Wildman–Crippen MR) is 76.9 cm³/mol. The molecule has 1 unspecified atom stereocenters. The zero-order valence-electron chi connectivity index (χ0n) is 11.3. The van der Waals surface area contributed by atoms with Crippen molar-refractivity contribution in [3.63, 3.8) is 0 Å². The number of imidazole rings is 1. The molecule has 0 bridgehead atoms. The minimum absolute atomic E-state index is 0.317. The smallest absolute Gasteiger partial charge is 0.123 e. The van der Waals surface area contributed by atoms with Gasteiger partial charge in [0, 0.05) is 0 Å². The first-order valence-electron chi connectivity index (χ1n) is 6.49. The van der Waals surface area contributed by atoms with Crippen LogP contribution in [0.5, 0.6) is 0 Å². The third kappa shape index (κ3) is 2.18. The van der Waals surface area contributed by atoms with Crippen LogP contribution in [0, 0.1) is 12.7 Å². The van der Waals surface area contributed by atoms with Crippen LogP contribution in [-0.4, -0.2) is 15.1 Å². The Morgan fingerprint density at radius 3 is 2.75 bits per heavy atom. The van der Waals surface area contributed by atoms with Gasteiger partial charge < -0.3 is 10.1 Å². The fraction of sp³-hybridized carbons (Fsp3) is 0.188. The van der Waals surface area contributed by atoms with E-state index in [0.717, 1.165) is 22.4 Å². The highest BCUT2D eigenvalue weighted by atomic mass is 19.1. The number of H-pyrrole nitrogens is 1. The average molecular weight is 270 g/mol. The van der Waals surface area contributed by atoms with Crippen LogP contribution in [0.25, 0.3) is 22.2 Å². The Labute approximate surface area is 116 Å². The Morgan fingerprint density at radius 1 is 1.20 bits per heavy atom. The topological polar surface area (TPSA) is 48.9 Å². The maximum atomic E-state index is 13.5. The van der Waals surface area contributed by atoms with Crippen molar-refractivity contribution in [1.82, 2.24) is 9.97 Å². The number of hydrogen-bond donors (Lipinski definition) is 2. The second kappa shape index (κ2) is 4.72. The lowest BCUT2D eigenvalue weighted by atomic mass is 9.96. The van der Waals surface area contributed by atoms with E-state index in [0.29, 0.717) is 11.1 Å². The van der Waals surface area contributed by atoms with Crippen LogP contribution in [-0.2, 0) is 0 Å². The number of aliphatic hydroxyl groups is 1. The Balaban J connectivity index is 2.21. The second-order valence-electron chi connectivity index (χ2n) is 4.96. The number of halogens is 1. The molecule has 0 aliphatic carbocycles. The molecule has 0 spiro atoms. The molecule has 1 heterocycles. The van der Waals surface area contributed by atoms with Gasteiger partial charge in [0.05, 0.1) is 17.1 Å². The molecule has 2 aromatic carbocycles. The number of fused-ring (bicyclic) bond motifs is 1. The van der Waals surface area contributed by atoms with Gasteiger partial charge >= 0.3 is 0 Å².